The first-order chi connectivity index (χ1) is 20.2. The first kappa shape index (κ1) is 33.9. The number of rotatable bonds is 24. The second kappa shape index (κ2) is 20.3. The molecule has 0 radical (unpaired) electrons. The monoisotopic (exact) mass is 561 g/mol. The molecule has 2 heteroatoms. The van der Waals surface area contributed by atoms with Crippen LogP contribution in [0.3, 0.4) is 0 Å². The molecular formula is C39H64N2. The number of aryl methyl sites for hydroxylation is 2. The Kier molecular flexibility index (Phi) is 16.8. The maximum absolute atomic E-state index is 2.71. The number of unbranched alkanes of at least 4 members (excludes halogenated alkanes) is 8. The Morgan fingerprint density at radius 3 is 1.17 bits per heavy atom. The maximum Gasteiger partial charge on any atom is -0.00133 e. The van der Waals surface area contributed by atoms with E-state index in [2.05, 4.69) is 73.9 Å². The van der Waals surface area contributed by atoms with Crippen molar-refractivity contribution in [1.82, 2.24) is 9.80 Å². The van der Waals surface area contributed by atoms with E-state index in [1.54, 1.807) is 11.1 Å². The number of benzene rings is 2. The lowest BCUT2D eigenvalue weighted by Gasteiger charge is -2.21. The fourth-order valence-corrected chi connectivity index (χ4v) is 6.51. The number of nitrogens with zero attached hydrogens (tertiary/aromatic N) is 2. The molecule has 0 aliphatic heterocycles. The normalized spacial score (nSPS) is 12.4. The van der Waals surface area contributed by atoms with E-state index in [1.165, 1.54) is 164 Å². The summed E-state index contributed by atoms with van der Waals surface area (Å²) < 4.78 is 0. The van der Waals surface area contributed by atoms with Crippen molar-refractivity contribution in [3.8, 4) is 11.1 Å². The SMILES string of the molecule is CCCCN(CCCC)CCCCCc1ccc2c(c1)Cc1cc(CCCCCN(CCCC)CCCC)ccc1-2. The molecule has 0 spiro atoms. The highest BCUT2D eigenvalue weighted by Crippen LogP contribution is 2.38. The van der Waals surface area contributed by atoms with E-state index in [-0.39, 0.29) is 0 Å². The molecule has 2 aromatic carbocycles. The molecular weight excluding hydrogens is 496 g/mol. The zero-order valence-corrected chi connectivity index (χ0v) is 27.6. The predicted octanol–water partition coefficient (Wildman–Crippen LogP) is 10.5. The number of hydrogen-bond donors (Lipinski definition) is 0. The first-order valence-corrected chi connectivity index (χ1v) is 17.9. The third kappa shape index (κ3) is 12.2. The molecule has 2 nitrogen and oxygen atoms in total. The van der Waals surface area contributed by atoms with Gasteiger partial charge in [0.1, 0.15) is 0 Å². The molecule has 0 aromatic heterocycles. The Balaban J connectivity index is 1.38. The van der Waals surface area contributed by atoms with Gasteiger partial charge in [-0.3, -0.25) is 0 Å². The summed E-state index contributed by atoms with van der Waals surface area (Å²) in [5.74, 6) is 0. The van der Waals surface area contributed by atoms with Crippen molar-refractivity contribution >= 4 is 0 Å². The van der Waals surface area contributed by atoms with Gasteiger partial charge in [0.05, 0.1) is 0 Å². The van der Waals surface area contributed by atoms with Gasteiger partial charge in [0.2, 0.25) is 0 Å². The van der Waals surface area contributed by atoms with Crippen LogP contribution in [0.1, 0.15) is 140 Å². The van der Waals surface area contributed by atoms with Gasteiger partial charge in [-0.15, -0.1) is 0 Å². The Labute approximate surface area is 255 Å². The highest BCUT2D eigenvalue weighted by atomic mass is 15.1. The van der Waals surface area contributed by atoms with Gasteiger partial charge >= 0.3 is 0 Å². The van der Waals surface area contributed by atoms with Gasteiger partial charge in [-0.05, 0) is 143 Å². The van der Waals surface area contributed by atoms with E-state index in [0.717, 1.165) is 6.42 Å². The van der Waals surface area contributed by atoms with Crippen LogP contribution < -0.4 is 0 Å². The van der Waals surface area contributed by atoms with Gasteiger partial charge in [-0.1, -0.05) is 103 Å². The lowest BCUT2D eigenvalue weighted by atomic mass is 9.99. The molecule has 0 heterocycles. The molecule has 1 aliphatic carbocycles. The molecule has 0 N–H and O–H groups in total. The molecule has 1 aliphatic rings. The summed E-state index contributed by atoms with van der Waals surface area (Å²) in [6.45, 7) is 17.0. The molecule has 0 saturated heterocycles. The molecule has 3 rings (SSSR count). The Bertz CT molecular complexity index is 871. The average Bonchev–Trinajstić information content (AvgIpc) is 3.35. The average molecular weight is 561 g/mol. The lowest BCUT2D eigenvalue weighted by molar-refractivity contribution is 0.259. The number of hydrogen-bond acceptors (Lipinski definition) is 2. The van der Waals surface area contributed by atoms with Crippen LogP contribution in [-0.2, 0) is 19.3 Å². The zero-order valence-electron chi connectivity index (χ0n) is 27.6. The highest BCUT2D eigenvalue weighted by molar-refractivity contribution is 5.77. The van der Waals surface area contributed by atoms with Crippen LogP contribution in [0.5, 0.6) is 0 Å². The Morgan fingerprint density at radius 1 is 0.439 bits per heavy atom. The van der Waals surface area contributed by atoms with Gasteiger partial charge in [0.15, 0.2) is 0 Å². The van der Waals surface area contributed by atoms with Crippen LogP contribution in [0.4, 0.5) is 0 Å². The van der Waals surface area contributed by atoms with Crippen molar-refractivity contribution in [3.05, 3.63) is 58.7 Å². The molecule has 0 amide bonds. The van der Waals surface area contributed by atoms with Crippen LogP contribution >= 0.6 is 0 Å². The molecule has 0 unspecified atom stereocenters. The third-order valence-electron chi connectivity index (χ3n) is 9.20. The van der Waals surface area contributed by atoms with E-state index < -0.39 is 0 Å². The quantitative estimate of drug-likeness (QED) is 0.101. The summed E-state index contributed by atoms with van der Waals surface area (Å²) in [7, 11) is 0. The molecule has 0 bridgehead atoms. The van der Waals surface area contributed by atoms with Crippen molar-refractivity contribution in [1.29, 1.82) is 0 Å². The van der Waals surface area contributed by atoms with Crippen molar-refractivity contribution in [3.63, 3.8) is 0 Å². The van der Waals surface area contributed by atoms with E-state index in [0.29, 0.717) is 0 Å². The highest BCUT2D eigenvalue weighted by Gasteiger charge is 2.19. The van der Waals surface area contributed by atoms with Gasteiger partial charge < -0.3 is 9.80 Å². The van der Waals surface area contributed by atoms with Crippen molar-refractivity contribution < 1.29 is 0 Å². The standard InChI is InChI=1S/C39H64N2/c1-5-9-25-40(26-10-6-2)29-17-13-15-19-34-21-23-38-36(31-34)33-37-32-35(22-24-39(37)38)20-16-14-18-30-41(27-11-7-3)28-12-8-4/h21-24,31-32H,5-20,25-30,33H2,1-4H3. The fourth-order valence-electron chi connectivity index (χ4n) is 6.51. The van der Waals surface area contributed by atoms with E-state index in [9.17, 15) is 0 Å². The smallest absolute Gasteiger partial charge is 0.00133 e. The van der Waals surface area contributed by atoms with Crippen LogP contribution in [-0.4, -0.2) is 49.1 Å². The van der Waals surface area contributed by atoms with Gasteiger partial charge in [0.25, 0.3) is 0 Å². The summed E-state index contributed by atoms with van der Waals surface area (Å²) in [5, 5.41) is 0. The van der Waals surface area contributed by atoms with Crippen molar-refractivity contribution in [2.75, 3.05) is 39.3 Å². The summed E-state index contributed by atoms with van der Waals surface area (Å²) in [6, 6.07) is 14.7. The second-order valence-electron chi connectivity index (χ2n) is 12.9. The van der Waals surface area contributed by atoms with Gasteiger partial charge in [-0.25, -0.2) is 0 Å². The Morgan fingerprint density at radius 2 is 0.805 bits per heavy atom. The second-order valence-corrected chi connectivity index (χ2v) is 12.9. The maximum atomic E-state index is 2.71. The first-order valence-electron chi connectivity index (χ1n) is 17.9. The van der Waals surface area contributed by atoms with Crippen molar-refractivity contribution in [2.45, 2.75) is 137 Å². The molecule has 41 heavy (non-hydrogen) atoms. The summed E-state index contributed by atoms with van der Waals surface area (Å²) >= 11 is 0. The molecule has 0 fully saturated rings. The van der Waals surface area contributed by atoms with Crippen LogP contribution in [0, 0.1) is 0 Å². The van der Waals surface area contributed by atoms with E-state index in [4.69, 9.17) is 0 Å². The minimum absolute atomic E-state index is 1.12. The predicted molar refractivity (Wildman–Crippen MR) is 182 cm³/mol. The van der Waals surface area contributed by atoms with E-state index >= 15 is 0 Å². The lowest BCUT2D eigenvalue weighted by Crippen LogP contribution is -2.27. The summed E-state index contributed by atoms with van der Waals surface area (Å²) in [5.41, 5.74) is 9.16. The summed E-state index contributed by atoms with van der Waals surface area (Å²) in [4.78, 5) is 5.43. The van der Waals surface area contributed by atoms with Gasteiger partial charge in [0, 0.05) is 0 Å². The molecule has 0 atom stereocenters. The molecule has 0 saturated carbocycles. The molecule has 230 valence electrons. The molecule has 2 aromatic rings. The third-order valence-corrected chi connectivity index (χ3v) is 9.20. The van der Waals surface area contributed by atoms with E-state index in [1.807, 2.05) is 0 Å². The zero-order chi connectivity index (χ0) is 29.1. The van der Waals surface area contributed by atoms with Crippen LogP contribution in [0.25, 0.3) is 11.1 Å². The van der Waals surface area contributed by atoms with Gasteiger partial charge in [-0.2, -0.15) is 0 Å². The minimum atomic E-state index is 1.12. The summed E-state index contributed by atoms with van der Waals surface area (Å²) in [6.07, 6.45) is 22.3. The fraction of sp³-hybridized carbons (Fsp3) is 0.692. The number of fused-ring (bicyclic) bond motifs is 3. The van der Waals surface area contributed by atoms with Crippen LogP contribution in [0.15, 0.2) is 36.4 Å². The largest absolute Gasteiger partial charge is 0.303 e. The Hall–Kier alpha value is -1.64. The van der Waals surface area contributed by atoms with Crippen LogP contribution in [0.2, 0.25) is 0 Å². The topological polar surface area (TPSA) is 6.48 Å². The van der Waals surface area contributed by atoms with Crippen molar-refractivity contribution in [2.24, 2.45) is 0 Å². The minimum Gasteiger partial charge on any atom is -0.303 e.